The van der Waals surface area contributed by atoms with Gasteiger partial charge in [-0.1, -0.05) is 6.58 Å². The Balaban J connectivity index is 3.34. The highest BCUT2D eigenvalue weighted by Crippen LogP contribution is 1.90. The second kappa shape index (κ2) is 12.6. The van der Waals surface area contributed by atoms with Gasteiger partial charge in [0.05, 0.1) is 13.2 Å². The topological polar surface area (TPSA) is 106 Å². The summed E-state index contributed by atoms with van der Waals surface area (Å²) in [6, 6.07) is -0.353. The monoisotopic (exact) mass is 315 g/mol. The van der Waals surface area contributed by atoms with Crippen molar-refractivity contribution < 1.29 is 23.9 Å². The van der Waals surface area contributed by atoms with Gasteiger partial charge < -0.3 is 25.4 Å². The molecule has 126 valence electrons. The van der Waals surface area contributed by atoms with Gasteiger partial charge in [0.1, 0.15) is 6.61 Å². The smallest absolute Gasteiger partial charge is 0.333 e. The van der Waals surface area contributed by atoms with Gasteiger partial charge in [-0.3, -0.25) is 4.79 Å². The zero-order valence-electron chi connectivity index (χ0n) is 13.2. The van der Waals surface area contributed by atoms with Gasteiger partial charge in [-0.05, 0) is 13.3 Å². The van der Waals surface area contributed by atoms with Crippen LogP contribution in [0.1, 0.15) is 20.3 Å². The van der Waals surface area contributed by atoms with Gasteiger partial charge in [0.2, 0.25) is 5.91 Å². The van der Waals surface area contributed by atoms with E-state index in [4.69, 9.17) is 9.47 Å². The maximum atomic E-state index is 11.3. The van der Waals surface area contributed by atoms with E-state index in [2.05, 4.69) is 22.5 Å². The number of nitrogens with one attached hydrogen (secondary N) is 3. The molecule has 8 heteroatoms. The Hall–Kier alpha value is -2.09. The Kier molecular flexibility index (Phi) is 11.4. The van der Waals surface area contributed by atoms with Crippen LogP contribution in [0.2, 0.25) is 0 Å². The normalized spacial score (nSPS) is 9.73. The molecular formula is C14H25N3O5. The van der Waals surface area contributed by atoms with Crippen LogP contribution >= 0.6 is 0 Å². The zero-order valence-corrected chi connectivity index (χ0v) is 13.2. The van der Waals surface area contributed by atoms with E-state index in [9.17, 15) is 14.4 Å². The molecule has 0 aromatic heterocycles. The minimum Gasteiger partial charge on any atom is -0.460 e. The van der Waals surface area contributed by atoms with E-state index >= 15 is 0 Å². The second-order valence-corrected chi connectivity index (χ2v) is 4.55. The van der Waals surface area contributed by atoms with E-state index in [1.807, 2.05) is 0 Å². The lowest BCUT2D eigenvalue weighted by Gasteiger charge is -2.09. The minimum atomic E-state index is -0.477. The molecule has 0 saturated heterocycles. The molecule has 3 N–H and O–H groups in total. The summed E-state index contributed by atoms with van der Waals surface area (Å²) in [6.07, 6.45) is 0.722. The first-order valence-electron chi connectivity index (χ1n) is 7.10. The molecule has 3 amide bonds. The molecule has 0 rings (SSSR count). The standard InChI is InChI=1S/C14H25N3O5/c1-11(2)13(19)22-10-7-17-14(20)16-6-9-21-8-4-5-15-12(3)18/h1,4-10H2,2-3H3,(H,15,18)(H2,16,17,20). The molecule has 22 heavy (non-hydrogen) atoms. The van der Waals surface area contributed by atoms with Crippen LogP contribution in [0.3, 0.4) is 0 Å². The third kappa shape index (κ3) is 12.9. The van der Waals surface area contributed by atoms with E-state index < -0.39 is 5.97 Å². The van der Waals surface area contributed by atoms with Crippen molar-refractivity contribution in [1.82, 2.24) is 16.0 Å². The molecule has 0 spiro atoms. The molecule has 0 aliphatic rings. The van der Waals surface area contributed by atoms with E-state index in [0.717, 1.165) is 6.42 Å². The molecular weight excluding hydrogens is 290 g/mol. The average molecular weight is 315 g/mol. The van der Waals surface area contributed by atoms with Gasteiger partial charge in [-0.25, -0.2) is 9.59 Å². The Morgan fingerprint density at radius 1 is 0.909 bits per heavy atom. The van der Waals surface area contributed by atoms with Crippen molar-refractivity contribution in [3.05, 3.63) is 12.2 Å². The molecule has 0 unspecified atom stereocenters. The first-order valence-corrected chi connectivity index (χ1v) is 7.10. The summed E-state index contributed by atoms with van der Waals surface area (Å²) in [7, 11) is 0. The number of ether oxygens (including phenoxy) is 2. The SMILES string of the molecule is C=C(C)C(=O)OCCNC(=O)NCCOCCCNC(C)=O. The van der Waals surface area contributed by atoms with Crippen LogP contribution in [0.4, 0.5) is 4.79 Å². The number of urea groups is 1. The summed E-state index contributed by atoms with van der Waals surface area (Å²) in [4.78, 5) is 33.0. The highest BCUT2D eigenvalue weighted by atomic mass is 16.5. The van der Waals surface area contributed by atoms with Crippen molar-refractivity contribution in [3.8, 4) is 0 Å². The summed E-state index contributed by atoms with van der Waals surface area (Å²) in [5.41, 5.74) is 0.320. The Morgan fingerprint density at radius 2 is 1.55 bits per heavy atom. The highest BCUT2D eigenvalue weighted by Gasteiger charge is 2.03. The lowest BCUT2D eigenvalue weighted by molar-refractivity contribution is -0.138. The van der Waals surface area contributed by atoms with Crippen molar-refractivity contribution in [1.29, 1.82) is 0 Å². The van der Waals surface area contributed by atoms with Crippen LogP contribution in [-0.4, -0.2) is 57.4 Å². The lowest BCUT2D eigenvalue weighted by Crippen LogP contribution is -2.39. The van der Waals surface area contributed by atoms with Crippen LogP contribution in [0.5, 0.6) is 0 Å². The van der Waals surface area contributed by atoms with Crippen LogP contribution in [0.25, 0.3) is 0 Å². The third-order valence-corrected chi connectivity index (χ3v) is 2.34. The van der Waals surface area contributed by atoms with E-state index in [-0.39, 0.29) is 25.1 Å². The molecule has 0 atom stereocenters. The molecule has 0 aliphatic heterocycles. The molecule has 0 heterocycles. The largest absolute Gasteiger partial charge is 0.460 e. The van der Waals surface area contributed by atoms with Gasteiger partial charge >= 0.3 is 12.0 Å². The number of carbonyl (C=O) groups excluding carboxylic acids is 3. The number of carbonyl (C=O) groups is 3. The molecule has 8 nitrogen and oxygen atoms in total. The first kappa shape index (κ1) is 19.9. The molecule has 0 radical (unpaired) electrons. The summed E-state index contributed by atoms with van der Waals surface area (Å²) >= 11 is 0. The molecule has 0 aromatic carbocycles. The van der Waals surface area contributed by atoms with Crippen molar-refractivity contribution in [3.63, 3.8) is 0 Å². The number of rotatable bonds is 11. The van der Waals surface area contributed by atoms with Crippen LogP contribution in [-0.2, 0) is 19.1 Å². The Labute approximate surface area is 130 Å². The fourth-order valence-electron chi connectivity index (χ4n) is 1.27. The van der Waals surface area contributed by atoms with Gasteiger partial charge in [-0.2, -0.15) is 0 Å². The maximum Gasteiger partial charge on any atom is 0.333 e. The lowest BCUT2D eigenvalue weighted by atomic mass is 10.4. The van der Waals surface area contributed by atoms with Crippen LogP contribution in [0, 0.1) is 0 Å². The Bertz CT molecular complexity index is 385. The van der Waals surface area contributed by atoms with E-state index in [0.29, 0.717) is 31.9 Å². The van der Waals surface area contributed by atoms with Gasteiger partial charge in [-0.15, -0.1) is 0 Å². The molecule has 0 bridgehead atoms. The van der Waals surface area contributed by atoms with Crippen molar-refractivity contribution in [2.45, 2.75) is 20.3 Å². The first-order chi connectivity index (χ1) is 10.4. The third-order valence-electron chi connectivity index (χ3n) is 2.34. The second-order valence-electron chi connectivity index (χ2n) is 4.55. The predicted molar refractivity (Wildman–Crippen MR) is 81.3 cm³/mol. The summed E-state index contributed by atoms with van der Waals surface area (Å²) in [5.74, 6) is -0.540. The summed E-state index contributed by atoms with van der Waals surface area (Å²) in [6.45, 7) is 8.63. The molecule has 0 saturated carbocycles. The minimum absolute atomic E-state index is 0.0627. The molecule has 0 fully saturated rings. The summed E-state index contributed by atoms with van der Waals surface area (Å²) < 4.78 is 10.1. The number of hydrogen-bond donors (Lipinski definition) is 3. The van der Waals surface area contributed by atoms with Crippen molar-refractivity contribution >= 4 is 17.9 Å². The van der Waals surface area contributed by atoms with Gasteiger partial charge in [0, 0.05) is 32.2 Å². The number of amides is 3. The number of hydrogen-bond acceptors (Lipinski definition) is 5. The van der Waals surface area contributed by atoms with Crippen LogP contribution in [0.15, 0.2) is 12.2 Å². The molecule has 0 aromatic rings. The highest BCUT2D eigenvalue weighted by molar-refractivity contribution is 5.86. The zero-order chi connectivity index (χ0) is 16.8. The maximum absolute atomic E-state index is 11.3. The summed E-state index contributed by atoms with van der Waals surface area (Å²) in [5, 5.41) is 7.80. The fourth-order valence-corrected chi connectivity index (χ4v) is 1.27. The quantitative estimate of drug-likeness (QED) is 0.281. The van der Waals surface area contributed by atoms with Gasteiger partial charge in [0.25, 0.3) is 0 Å². The van der Waals surface area contributed by atoms with E-state index in [1.165, 1.54) is 6.92 Å². The van der Waals surface area contributed by atoms with Gasteiger partial charge in [0.15, 0.2) is 0 Å². The Morgan fingerprint density at radius 3 is 2.14 bits per heavy atom. The van der Waals surface area contributed by atoms with Crippen LogP contribution < -0.4 is 16.0 Å². The van der Waals surface area contributed by atoms with Crippen molar-refractivity contribution in [2.24, 2.45) is 0 Å². The van der Waals surface area contributed by atoms with Crippen molar-refractivity contribution in [2.75, 3.05) is 39.5 Å². The van der Waals surface area contributed by atoms with E-state index in [1.54, 1.807) is 6.92 Å². The average Bonchev–Trinajstić information content (AvgIpc) is 2.45. The molecule has 0 aliphatic carbocycles. The predicted octanol–water partition coefficient (Wildman–Crippen LogP) is -0.0523. The number of esters is 1. The fraction of sp³-hybridized carbons (Fsp3) is 0.643.